The van der Waals surface area contributed by atoms with E-state index in [9.17, 15) is 5.11 Å². The average Bonchev–Trinajstić information content (AvgIpc) is 4.12. The van der Waals surface area contributed by atoms with E-state index in [2.05, 4.69) is 13.8 Å². The molecule has 1 fully saturated rings. The van der Waals surface area contributed by atoms with Gasteiger partial charge in [0.05, 0.1) is 33.0 Å². The van der Waals surface area contributed by atoms with E-state index in [4.69, 9.17) is 38.3 Å². The third-order valence-corrected chi connectivity index (χ3v) is 11.6. The fourth-order valence-corrected chi connectivity index (χ4v) is 7.33. The van der Waals surface area contributed by atoms with Gasteiger partial charge in [-0.1, -0.05) is 213 Å². The quantitative estimate of drug-likeness (QED) is 0.0350. The summed E-state index contributed by atoms with van der Waals surface area (Å²) in [4.78, 5) is 0. The molecule has 9 nitrogen and oxygen atoms in total. The molecule has 0 saturated carbocycles. The Bertz CT molecular complexity index is 801. The summed E-state index contributed by atoms with van der Waals surface area (Å²) in [5.74, 6) is 0.283. The predicted octanol–water partition coefficient (Wildman–Crippen LogP) is 14.7. The van der Waals surface area contributed by atoms with Crippen LogP contribution in [0.4, 0.5) is 0 Å². The lowest BCUT2D eigenvalue weighted by Crippen LogP contribution is -2.25. The second-order valence-electron chi connectivity index (χ2n) is 18.4. The molecular weight excluding hydrogens is 793 g/mol. The summed E-state index contributed by atoms with van der Waals surface area (Å²) >= 11 is 0. The number of aliphatic hydroxyl groups excluding tert-OH is 2. The van der Waals surface area contributed by atoms with Crippen molar-refractivity contribution in [2.45, 2.75) is 279 Å². The highest BCUT2D eigenvalue weighted by Gasteiger charge is 2.23. The van der Waals surface area contributed by atoms with Gasteiger partial charge < -0.3 is 43.4 Å². The van der Waals surface area contributed by atoms with E-state index < -0.39 is 6.10 Å². The zero-order valence-electron chi connectivity index (χ0n) is 43.3. The third kappa shape index (κ3) is 59.6. The fourth-order valence-electron chi connectivity index (χ4n) is 7.33. The predicted molar refractivity (Wildman–Crippen MR) is 267 cm³/mol. The average molecular weight is 905 g/mol. The molecule has 382 valence electrons. The number of hydrogen-bond acceptors (Lipinski definition) is 9. The lowest BCUT2D eigenvalue weighted by Gasteiger charge is -2.16. The van der Waals surface area contributed by atoms with Gasteiger partial charge in [0, 0.05) is 39.0 Å². The second kappa shape index (κ2) is 56.0. The molecule has 5 unspecified atom stereocenters. The van der Waals surface area contributed by atoms with Crippen molar-refractivity contribution in [2.24, 2.45) is 5.92 Å². The molecule has 0 aromatic heterocycles. The van der Waals surface area contributed by atoms with E-state index in [1.54, 1.807) is 0 Å². The van der Waals surface area contributed by atoms with Crippen molar-refractivity contribution in [3.05, 3.63) is 0 Å². The van der Waals surface area contributed by atoms with Crippen molar-refractivity contribution in [1.82, 2.24) is 0 Å². The Balaban J connectivity index is 0. The molecular formula is C54H112O9. The number of hydrogen-bond donors (Lipinski definition) is 2. The SMILES string of the molecule is CCCCCCCCCCCCCCCCCCOCC(C)CO.CCCCCCCCCCCCCCCCCCOCC(O)COC(C)OCC.CCOC(C)OCC1CO1. The lowest BCUT2D eigenvalue weighted by molar-refractivity contribution is -0.149. The van der Waals surface area contributed by atoms with Crippen LogP contribution in [0.1, 0.15) is 254 Å². The molecule has 0 aromatic rings. The van der Waals surface area contributed by atoms with E-state index in [0.29, 0.717) is 39.1 Å². The van der Waals surface area contributed by atoms with Crippen LogP contribution in [0.25, 0.3) is 0 Å². The Morgan fingerprint density at radius 1 is 0.429 bits per heavy atom. The molecule has 5 atom stereocenters. The second-order valence-corrected chi connectivity index (χ2v) is 18.4. The summed E-state index contributed by atoms with van der Waals surface area (Å²) in [6.45, 7) is 20.2. The first-order valence-electron chi connectivity index (χ1n) is 27.4. The lowest BCUT2D eigenvalue weighted by atomic mass is 10.0. The van der Waals surface area contributed by atoms with Gasteiger partial charge in [0.15, 0.2) is 12.6 Å². The van der Waals surface area contributed by atoms with Gasteiger partial charge in [0.25, 0.3) is 0 Å². The van der Waals surface area contributed by atoms with Crippen LogP contribution < -0.4 is 0 Å². The van der Waals surface area contributed by atoms with Gasteiger partial charge in [-0.2, -0.15) is 0 Å². The van der Waals surface area contributed by atoms with Gasteiger partial charge in [-0.15, -0.1) is 0 Å². The van der Waals surface area contributed by atoms with Gasteiger partial charge in [-0.05, 0) is 40.5 Å². The molecule has 2 N–H and O–H groups in total. The maximum absolute atomic E-state index is 9.80. The molecule has 0 amide bonds. The van der Waals surface area contributed by atoms with Crippen molar-refractivity contribution >= 4 is 0 Å². The van der Waals surface area contributed by atoms with Crippen LogP contribution in [0.15, 0.2) is 0 Å². The summed E-state index contributed by atoms with van der Waals surface area (Å²) in [7, 11) is 0. The maximum Gasteiger partial charge on any atom is 0.154 e. The topological polar surface area (TPSA) is 108 Å². The monoisotopic (exact) mass is 905 g/mol. The Morgan fingerprint density at radius 3 is 1.06 bits per heavy atom. The van der Waals surface area contributed by atoms with E-state index in [1.807, 2.05) is 34.6 Å². The standard InChI is InChI=1S/C25H52O4.C22H46O2.C7H14O3/c1-4-6-7-8-9-10-11-12-13-14-15-16-17-18-19-20-21-27-22-25(26)23-29-24(3)28-5-2;1-3-4-5-6-7-8-9-10-11-12-13-14-15-16-17-18-19-24-21-22(2)20-23;1-3-8-6(2)9-4-7-5-10-7/h24-26H,4-23H2,1-3H3;22-23H,3-21H2,1-2H3;6-7H,3-5H2,1-2H3. The van der Waals surface area contributed by atoms with Gasteiger partial charge in [0.1, 0.15) is 12.2 Å². The fraction of sp³-hybridized carbons (Fsp3) is 1.00. The third-order valence-electron chi connectivity index (χ3n) is 11.6. The first kappa shape index (κ1) is 64.7. The van der Waals surface area contributed by atoms with Crippen LogP contribution in [-0.4, -0.2) is 101 Å². The summed E-state index contributed by atoms with van der Waals surface area (Å²) < 4.78 is 37.1. The van der Waals surface area contributed by atoms with Crippen LogP contribution in [0.5, 0.6) is 0 Å². The molecule has 0 radical (unpaired) electrons. The molecule has 1 aliphatic rings. The first-order chi connectivity index (χ1) is 30.8. The zero-order chi connectivity index (χ0) is 46.5. The summed E-state index contributed by atoms with van der Waals surface area (Å²) in [6.07, 6.45) is 43.9. The molecule has 0 aliphatic carbocycles. The number of epoxide rings is 1. The van der Waals surface area contributed by atoms with Crippen molar-refractivity contribution in [2.75, 3.05) is 66.1 Å². The molecule has 1 aliphatic heterocycles. The van der Waals surface area contributed by atoms with E-state index in [-0.39, 0.29) is 31.7 Å². The number of unbranched alkanes of at least 4 members (excludes halogenated alkanes) is 30. The van der Waals surface area contributed by atoms with Crippen LogP contribution in [0.2, 0.25) is 0 Å². The molecule has 1 heterocycles. The van der Waals surface area contributed by atoms with E-state index in [0.717, 1.165) is 26.2 Å². The normalized spacial score (nSPS) is 15.3. The maximum atomic E-state index is 9.80. The summed E-state index contributed by atoms with van der Waals surface area (Å²) in [6, 6.07) is 0. The molecule has 0 bridgehead atoms. The number of aliphatic hydroxyl groups is 2. The van der Waals surface area contributed by atoms with Crippen LogP contribution >= 0.6 is 0 Å². The first-order valence-corrected chi connectivity index (χ1v) is 27.4. The number of rotatable bonds is 49. The van der Waals surface area contributed by atoms with Crippen molar-refractivity contribution in [3.8, 4) is 0 Å². The molecule has 0 spiro atoms. The highest BCUT2D eigenvalue weighted by molar-refractivity contribution is 4.67. The Kier molecular flexibility index (Phi) is 57.5. The van der Waals surface area contributed by atoms with E-state index >= 15 is 0 Å². The summed E-state index contributed by atoms with van der Waals surface area (Å²) in [5, 5.41) is 18.7. The van der Waals surface area contributed by atoms with Gasteiger partial charge >= 0.3 is 0 Å². The van der Waals surface area contributed by atoms with Gasteiger partial charge in [0.2, 0.25) is 0 Å². The molecule has 63 heavy (non-hydrogen) atoms. The Hall–Kier alpha value is -0.360. The van der Waals surface area contributed by atoms with Crippen LogP contribution in [0, 0.1) is 5.92 Å². The van der Waals surface area contributed by atoms with Crippen molar-refractivity contribution in [1.29, 1.82) is 0 Å². The highest BCUT2D eigenvalue weighted by Crippen LogP contribution is 2.16. The molecule has 1 rings (SSSR count). The van der Waals surface area contributed by atoms with Gasteiger partial charge in [-0.25, -0.2) is 0 Å². The Morgan fingerprint density at radius 2 is 0.746 bits per heavy atom. The van der Waals surface area contributed by atoms with Crippen LogP contribution in [0.3, 0.4) is 0 Å². The minimum absolute atomic E-state index is 0.0887. The summed E-state index contributed by atoms with van der Waals surface area (Å²) in [5.41, 5.74) is 0. The minimum atomic E-state index is -0.570. The highest BCUT2D eigenvalue weighted by atomic mass is 16.7. The number of ether oxygens (including phenoxy) is 7. The molecule has 9 heteroatoms. The van der Waals surface area contributed by atoms with Gasteiger partial charge in [-0.3, -0.25) is 0 Å². The largest absolute Gasteiger partial charge is 0.396 e. The smallest absolute Gasteiger partial charge is 0.154 e. The van der Waals surface area contributed by atoms with Crippen LogP contribution in [-0.2, 0) is 33.2 Å². The Labute approximate surface area is 392 Å². The zero-order valence-corrected chi connectivity index (χ0v) is 43.3. The molecule has 1 saturated heterocycles. The van der Waals surface area contributed by atoms with Crippen molar-refractivity contribution in [3.63, 3.8) is 0 Å². The van der Waals surface area contributed by atoms with Crippen molar-refractivity contribution < 1.29 is 43.4 Å². The van der Waals surface area contributed by atoms with E-state index in [1.165, 1.54) is 199 Å². The minimum Gasteiger partial charge on any atom is -0.396 e. The molecule has 0 aromatic carbocycles.